The third kappa shape index (κ3) is 4.02. The molecule has 0 aliphatic carbocycles. The minimum Gasteiger partial charge on any atom is -0.478 e. The standard InChI is InChI=1S/C12H23N3O2/c1-4-6-13-9-11-10(2)14-15(3)12(11)17-8-5-7-16/h13,16H,4-9H2,1-3H3. The second kappa shape index (κ2) is 7.29. The Morgan fingerprint density at radius 3 is 2.88 bits per heavy atom. The number of nitrogens with one attached hydrogen (secondary N) is 1. The number of ether oxygens (including phenoxy) is 1. The van der Waals surface area contributed by atoms with Crippen molar-refractivity contribution in [3.63, 3.8) is 0 Å². The first kappa shape index (κ1) is 14.0. The minimum atomic E-state index is 0.153. The molecule has 0 radical (unpaired) electrons. The Morgan fingerprint density at radius 2 is 2.24 bits per heavy atom. The second-order valence-electron chi connectivity index (χ2n) is 4.10. The maximum atomic E-state index is 8.75. The van der Waals surface area contributed by atoms with Crippen LogP contribution in [0.4, 0.5) is 0 Å². The lowest BCUT2D eigenvalue weighted by molar-refractivity contribution is 0.222. The average Bonchev–Trinajstić information content (AvgIpc) is 2.56. The molecule has 2 N–H and O–H groups in total. The third-order valence-electron chi connectivity index (χ3n) is 2.56. The van der Waals surface area contributed by atoms with Crippen molar-refractivity contribution in [1.29, 1.82) is 0 Å². The van der Waals surface area contributed by atoms with Crippen LogP contribution in [-0.4, -0.2) is 34.6 Å². The van der Waals surface area contributed by atoms with Crippen molar-refractivity contribution in [3.8, 4) is 5.88 Å². The van der Waals surface area contributed by atoms with Crippen molar-refractivity contribution in [1.82, 2.24) is 15.1 Å². The summed E-state index contributed by atoms with van der Waals surface area (Å²) in [5, 5.41) is 16.5. The van der Waals surface area contributed by atoms with Crippen molar-refractivity contribution in [3.05, 3.63) is 11.3 Å². The summed E-state index contributed by atoms with van der Waals surface area (Å²) in [6.45, 7) is 6.58. The molecular weight excluding hydrogens is 218 g/mol. The lowest BCUT2D eigenvalue weighted by Gasteiger charge is -2.09. The SMILES string of the molecule is CCCNCc1c(C)nn(C)c1OCCCO. The lowest BCUT2D eigenvalue weighted by Crippen LogP contribution is -2.15. The van der Waals surface area contributed by atoms with Gasteiger partial charge < -0.3 is 15.2 Å². The first-order valence-electron chi connectivity index (χ1n) is 6.17. The average molecular weight is 241 g/mol. The topological polar surface area (TPSA) is 59.3 Å². The van der Waals surface area contributed by atoms with Gasteiger partial charge in [0.25, 0.3) is 0 Å². The molecule has 0 aliphatic rings. The summed E-state index contributed by atoms with van der Waals surface area (Å²) in [4.78, 5) is 0. The van der Waals surface area contributed by atoms with Crippen molar-refractivity contribution < 1.29 is 9.84 Å². The summed E-state index contributed by atoms with van der Waals surface area (Å²) in [6, 6.07) is 0. The van der Waals surface area contributed by atoms with Gasteiger partial charge in [-0.15, -0.1) is 0 Å². The van der Waals surface area contributed by atoms with Crippen LogP contribution in [0.15, 0.2) is 0 Å². The molecule has 0 saturated carbocycles. The Balaban J connectivity index is 2.65. The first-order chi connectivity index (χ1) is 8.20. The van der Waals surface area contributed by atoms with E-state index in [2.05, 4.69) is 17.3 Å². The number of aromatic nitrogens is 2. The summed E-state index contributed by atoms with van der Waals surface area (Å²) < 4.78 is 7.42. The zero-order valence-corrected chi connectivity index (χ0v) is 11.0. The van der Waals surface area contributed by atoms with Gasteiger partial charge in [-0.25, -0.2) is 4.68 Å². The highest BCUT2D eigenvalue weighted by atomic mass is 16.5. The number of hydrogen-bond acceptors (Lipinski definition) is 4. The lowest BCUT2D eigenvalue weighted by atomic mass is 10.2. The van der Waals surface area contributed by atoms with Crippen LogP contribution >= 0.6 is 0 Å². The summed E-state index contributed by atoms with van der Waals surface area (Å²) in [5.41, 5.74) is 2.11. The van der Waals surface area contributed by atoms with E-state index < -0.39 is 0 Å². The van der Waals surface area contributed by atoms with Crippen LogP contribution in [0.3, 0.4) is 0 Å². The molecule has 0 fully saturated rings. The predicted octanol–water partition coefficient (Wildman–Crippen LogP) is 0.989. The van der Waals surface area contributed by atoms with E-state index in [1.54, 1.807) is 4.68 Å². The van der Waals surface area contributed by atoms with E-state index >= 15 is 0 Å². The summed E-state index contributed by atoms with van der Waals surface area (Å²) in [7, 11) is 1.88. The molecule has 98 valence electrons. The van der Waals surface area contributed by atoms with Crippen LogP contribution in [0, 0.1) is 6.92 Å². The summed E-state index contributed by atoms with van der Waals surface area (Å²) in [5.74, 6) is 0.805. The van der Waals surface area contributed by atoms with Crippen LogP contribution in [-0.2, 0) is 13.6 Å². The predicted molar refractivity (Wildman–Crippen MR) is 67.1 cm³/mol. The summed E-state index contributed by atoms with van der Waals surface area (Å²) >= 11 is 0. The maximum absolute atomic E-state index is 8.75. The third-order valence-corrected chi connectivity index (χ3v) is 2.56. The van der Waals surface area contributed by atoms with Gasteiger partial charge in [-0.1, -0.05) is 6.92 Å². The Kier molecular flexibility index (Phi) is 6.00. The Hall–Kier alpha value is -1.07. The van der Waals surface area contributed by atoms with E-state index in [9.17, 15) is 0 Å². The van der Waals surface area contributed by atoms with Crippen LogP contribution in [0.2, 0.25) is 0 Å². The largest absolute Gasteiger partial charge is 0.478 e. The monoisotopic (exact) mass is 241 g/mol. The smallest absolute Gasteiger partial charge is 0.216 e. The number of nitrogens with zero attached hydrogens (tertiary/aromatic N) is 2. The number of aliphatic hydroxyl groups is 1. The molecule has 0 saturated heterocycles. The zero-order valence-electron chi connectivity index (χ0n) is 11.0. The number of rotatable bonds is 8. The first-order valence-corrected chi connectivity index (χ1v) is 6.17. The normalized spacial score (nSPS) is 10.8. The quantitative estimate of drug-likeness (QED) is 0.666. The molecule has 1 aromatic rings. The highest BCUT2D eigenvalue weighted by Crippen LogP contribution is 2.21. The molecule has 0 amide bonds. The molecule has 0 aromatic carbocycles. The van der Waals surface area contributed by atoms with Gasteiger partial charge in [-0.05, 0) is 19.9 Å². The van der Waals surface area contributed by atoms with Gasteiger partial charge in [-0.2, -0.15) is 5.10 Å². The molecule has 0 spiro atoms. The van der Waals surface area contributed by atoms with Crippen LogP contribution in [0.25, 0.3) is 0 Å². The molecule has 1 rings (SSSR count). The van der Waals surface area contributed by atoms with E-state index in [0.717, 1.165) is 36.6 Å². The van der Waals surface area contributed by atoms with Gasteiger partial charge in [0.2, 0.25) is 5.88 Å². The molecule has 0 unspecified atom stereocenters. The molecule has 0 aliphatic heterocycles. The minimum absolute atomic E-state index is 0.153. The fraction of sp³-hybridized carbons (Fsp3) is 0.750. The Morgan fingerprint density at radius 1 is 1.47 bits per heavy atom. The van der Waals surface area contributed by atoms with E-state index in [0.29, 0.717) is 13.0 Å². The van der Waals surface area contributed by atoms with Crippen LogP contribution < -0.4 is 10.1 Å². The number of aryl methyl sites for hydroxylation is 2. The van der Waals surface area contributed by atoms with E-state index in [4.69, 9.17) is 9.84 Å². The fourth-order valence-corrected chi connectivity index (χ4v) is 1.69. The van der Waals surface area contributed by atoms with Gasteiger partial charge in [0.1, 0.15) is 0 Å². The Labute approximate surface area is 103 Å². The molecule has 0 atom stereocenters. The van der Waals surface area contributed by atoms with Crippen LogP contribution in [0.5, 0.6) is 5.88 Å². The molecule has 5 nitrogen and oxygen atoms in total. The summed E-state index contributed by atoms with van der Waals surface area (Å²) in [6.07, 6.45) is 1.76. The fourth-order valence-electron chi connectivity index (χ4n) is 1.69. The van der Waals surface area contributed by atoms with E-state index in [1.807, 2.05) is 14.0 Å². The Bertz CT molecular complexity index is 306. The van der Waals surface area contributed by atoms with Crippen molar-refractivity contribution in [2.24, 2.45) is 7.05 Å². The highest BCUT2D eigenvalue weighted by molar-refractivity contribution is 5.30. The molecule has 1 aromatic heterocycles. The molecule has 5 heteroatoms. The zero-order chi connectivity index (χ0) is 12.7. The second-order valence-corrected chi connectivity index (χ2v) is 4.10. The molecule has 1 heterocycles. The molecule has 0 bridgehead atoms. The van der Waals surface area contributed by atoms with Gasteiger partial charge in [0.05, 0.1) is 17.9 Å². The highest BCUT2D eigenvalue weighted by Gasteiger charge is 2.13. The van der Waals surface area contributed by atoms with Crippen molar-refractivity contribution >= 4 is 0 Å². The molecular formula is C12H23N3O2. The van der Waals surface area contributed by atoms with Crippen molar-refractivity contribution in [2.75, 3.05) is 19.8 Å². The maximum Gasteiger partial charge on any atom is 0.216 e. The van der Waals surface area contributed by atoms with E-state index in [-0.39, 0.29) is 6.61 Å². The van der Waals surface area contributed by atoms with Crippen molar-refractivity contribution in [2.45, 2.75) is 33.2 Å². The van der Waals surface area contributed by atoms with Gasteiger partial charge in [0.15, 0.2) is 0 Å². The molecule has 17 heavy (non-hydrogen) atoms. The number of hydrogen-bond donors (Lipinski definition) is 2. The van der Waals surface area contributed by atoms with Gasteiger partial charge in [0, 0.05) is 26.6 Å². The van der Waals surface area contributed by atoms with Crippen LogP contribution in [0.1, 0.15) is 31.0 Å². The van der Waals surface area contributed by atoms with Gasteiger partial charge >= 0.3 is 0 Å². The number of aliphatic hydroxyl groups excluding tert-OH is 1. The van der Waals surface area contributed by atoms with E-state index in [1.165, 1.54) is 0 Å². The van der Waals surface area contributed by atoms with Gasteiger partial charge in [-0.3, -0.25) is 0 Å².